The average molecular weight is 243 g/mol. The lowest BCUT2D eigenvalue weighted by Gasteiger charge is -2.11. The Labute approximate surface area is 107 Å². The van der Waals surface area contributed by atoms with Gasteiger partial charge in [0.1, 0.15) is 18.1 Å². The highest BCUT2D eigenvalue weighted by molar-refractivity contribution is 5.54. The van der Waals surface area contributed by atoms with E-state index in [1.54, 1.807) is 12.1 Å². The molecule has 0 spiro atoms. The monoisotopic (exact) mass is 243 g/mol. The Morgan fingerprint density at radius 3 is 2.39 bits per heavy atom. The molecular formula is C15H17NO2. The molecule has 2 aromatic carbocycles. The average Bonchev–Trinajstić information content (AvgIpc) is 2.34. The molecule has 0 amide bonds. The Bertz CT molecular complexity index is 547. The summed E-state index contributed by atoms with van der Waals surface area (Å²) in [4.78, 5) is 0. The van der Waals surface area contributed by atoms with E-state index in [4.69, 9.17) is 10.5 Å². The van der Waals surface area contributed by atoms with Gasteiger partial charge in [-0.1, -0.05) is 18.2 Å². The summed E-state index contributed by atoms with van der Waals surface area (Å²) in [6.07, 6.45) is 0. The zero-order chi connectivity index (χ0) is 13.1. The van der Waals surface area contributed by atoms with Crippen LogP contribution in [0.4, 0.5) is 5.69 Å². The Morgan fingerprint density at radius 1 is 1.06 bits per heavy atom. The van der Waals surface area contributed by atoms with Gasteiger partial charge in [0.15, 0.2) is 0 Å². The first-order chi connectivity index (χ1) is 8.56. The van der Waals surface area contributed by atoms with E-state index in [2.05, 4.69) is 0 Å². The van der Waals surface area contributed by atoms with E-state index in [1.165, 1.54) is 0 Å². The van der Waals surface area contributed by atoms with E-state index < -0.39 is 0 Å². The van der Waals surface area contributed by atoms with E-state index in [1.807, 2.05) is 38.1 Å². The molecule has 3 nitrogen and oxygen atoms in total. The molecule has 0 fully saturated rings. The van der Waals surface area contributed by atoms with Gasteiger partial charge in [-0.2, -0.15) is 0 Å². The predicted molar refractivity (Wildman–Crippen MR) is 72.8 cm³/mol. The van der Waals surface area contributed by atoms with Crippen molar-refractivity contribution in [1.29, 1.82) is 0 Å². The van der Waals surface area contributed by atoms with Crippen molar-refractivity contribution in [1.82, 2.24) is 0 Å². The van der Waals surface area contributed by atoms with Gasteiger partial charge in [-0.15, -0.1) is 0 Å². The fourth-order valence-corrected chi connectivity index (χ4v) is 1.76. The number of hydrogen-bond donors (Lipinski definition) is 2. The van der Waals surface area contributed by atoms with Crippen molar-refractivity contribution >= 4 is 5.69 Å². The molecule has 0 bridgehead atoms. The maximum atomic E-state index is 9.20. The van der Waals surface area contributed by atoms with E-state index in [-0.39, 0.29) is 5.75 Å². The lowest BCUT2D eigenvalue weighted by molar-refractivity contribution is 0.304. The number of rotatable bonds is 3. The standard InChI is InChI=1S/C15H17NO2/c1-10-7-11(2)15(8-14(10)16)18-9-12-3-5-13(17)6-4-12/h3-8,17H,9,16H2,1-2H3. The van der Waals surface area contributed by atoms with Crippen LogP contribution in [0, 0.1) is 13.8 Å². The van der Waals surface area contributed by atoms with E-state index in [0.29, 0.717) is 6.61 Å². The van der Waals surface area contributed by atoms with Gasteiger partial charge in [0.05, 0.1) is 0 Å². The first-order valence-corrected chi connectivity index (χ1v) is 5.83. The van der Waals surface area contributed by atoms with Crippen LogP contribution >= 0.6 is 0 Å². The molecule has 0 heterocycles. The van der Waals surface area contributed by atoms with Crippen molar-refractivity contribution < 1.29 is 9.84 Å². The first-order valence-electron chi connectivity index (χ1n) is 5.83. The molecule has 0 unspecified atom stereocenters. The molecule has 2 aromatic rings. The van der Waals surface area contributed by atoms with Gasteiger partial charge >= 0.3 is 0 Å². The molecule has 0 atom stereocenters. The Balaban J connectivity index is 2.10. The zero-order valence-electron chi connectivity index (χ0n) is 10.6. The van der Waals surface area contributed by atoms with E-state index in [0.717, 1.165) is 28.1 Å². The minimum absolute atomic E-state index is 0.259. The summed E-state index contributed by atoms with van der Waals surface area (Å²) >= 11 is 0. The largest absolute Gasteiger partial charge is 0.508 e. The van der Waals surface area contributed by atoms with Gasteiger partial charge in [0.2, 0.25) is 0 Å². The number of phenols is 1. The second kappa shape index (κ2) is 5.00. The minimum atomic E-state index is 0.259. The van der Waals surface area contributed by atoms with Crippen molar-refractivity contribution in [2.75, 3.05) is 5.73 Å². The number of aromatic hydroxyl groups is 1. The van der Waals surface area contributed by atoms with Crippen LogP contribution in [0.25, 0.3) is 0 Å². The molecule has 3 N–H and O–H groups in total. The number of nitrogen functional groups attached to an aromatic ring is 1. The lowest BCUT2D eigenvalue weighted by Crippen LogP contribution is -1.99. The van der Waals surface area contributed by atoms with Crippen LogP contribution in [0.2, 0.25) is 0 Å². The molecule has 18 heavy (non-hydrogen) atoms. The normalized spacial score (nSPS) is 10.3. The Hall–Kier alpha value is -2.16. The van der Waals surface area contributed by atoms with Crippen LogP contribution in [0.3, 0.4) is 0 Å². The molecule has 0 aliphatic heterocycles. The number of ether oxygens (including phenoxy) is 1. The third kappa shape index (κ3) is 2.74. The lowest BCUT2D eigenvalue weighted by atomic mass is 10.1. The molecule has 0 radical (unpaired) electrons. The van der Waals surface area contributed by atoms with Crippen LogP contribution in [-0.2, 0) is 6.61 Å². The van der Waals surface area contributed by atoms with Gasteiger partial charge < -0.3 is 15.6 Å². The van der Waals surface area contributed by atoms with Crippen molar-refractivity contribution in [2.45, 2.75) is 20.5 Å². The quantitative estimate of drug-likeness (QED) is 0.814. The van der Waals surface area contributed by atoms with Crippen molar-refractivity contribution in [2.24, 2.45) is 0 Å². The molecule has 0 aliphatic rings. The maximum absolute atomic E-state index is 9.20. The summed E-state index contributed by atoms with van der Waals surface area (Å²) in [6, 6.07) is 10.8. The molecular weight excluding hydrogens is 226 g/mol. The predicted octanol–water partition coefficient (Wildman–Crippen LogP) is 3.17. The number of hydrogen-bond acceptors (Lipinski definition) is 3. The maximum Gasteiger partial charge on any atom is 0.124 e. The highest BCUT2D eigenvalue weighted by Crippen LogP contribution is 2.25. The fraction of sp³-hybridized carbons (Fsp3) is 0.200. The van der Waals surface area contributed by atoms with Crippen LogP contribution in [0.5, 0.6) is 11.5 Å². The smallest absolute Gasteiger partial charge is 0.124 e. The van der Waals surface area contributed by atoms with Crippen molar-refractivity contribution in [3.63, 3.8) is 0 Å². The summed E-state index contributed by atoms with van der Waals surface area (Å²) in [5.74, 6) is 1.06. The Morgan fingerprint density at radius 2 is 1.72 bits per heavy atom. The number of benzene rings is 2. The molecule has 0 saturated carbocycles. The van der Waals surface area contributed by atoms with Crippen LogP contribution in [0.15, 0.2) is 36.4 Å². The number of aryl methyl sites for hydroxylation is 2. The van der Waals surface area contributed by atoms with E-state index >= 15 is 0 Å². The zero-order valence-corrected chi connectivity index (χ0v) is 10.6. The molecule has 94 valence electrons. The van der Waals surface area contributed by atoms with Gasteiger partial charge in [-0.25, -0.2) is 0 Å². The number of nitrogens with two attached hydrogens (primary N) is 1. The first kappa shape index (κ1) is 12.3. The van der Waals surface area contributed by atoms with Crippen LogP contribution in [-0.4, -0.2) is 5.11 Å². The highest BCUT2D eigenvalue weighted by Gasteiger charge is 2.04. The summed E-state index contributed by atoms with van der Waals surface area (Å²) in [5, 5.41) is 9.20. The molecule has 0 aliphatic carbocycles. The molecule has 0 saturated heterocycles. The van der Waals surface area contributed by atoms with Gasteiger partial charge in [0, 0.05) is 11.8 Å². The summed E-state index contributed by atoms with van der Waals surface area (Å²) in [5.41, 5.74) is 9.74. The molecule has 2 rings (SSSR count). The number of anilines is 1. The molecule has 0 aromatic heterocycles. The van der Waals surface area contributed by atoms with Crippen LogP contribution in [0.1, 0.15) is 16.7 Å². The van der Waals surface area contributed by atoms with Gasteiger partial charge in [-0.3, -0.25) is 0 Å². The van der Waals surface area contributed by atoms with Crippen molar-refractivity contribution in [3.8, 4) is 11.5 Å². The third-order valence-corrected chi connectivity index (χ3v) is 2.89. The van der Waals surface area contributed by atoms with Crippen molar-refractivity contribution in [3.05, 3.63) is 53.1 Å². The SMILES string of the molecule is Cc1cc(C)c(OCc2ccc(O)cc2)cc1N. The van der Waals surface area contributed by atoms with Gasteiger partial charge in [-0.05, 0) is 42.7 Å². The summed E-state index contributed by atoms with van der Waals surface area (Å²) < 4.78 is 5.74. The second-order valence-corrected chi connectivity index (χ2v) is 4.43. The fourth-order valence-electron chi connectivity index (χ4n) is 1.76. The second-order valence-electron chi connectivity index (χ2n) is 4.43. The minimum Gasteiger partial charge on any atom is -0.508 e. The Kier molecular flexibility index (Phi) is 3.42. The van der Waals surface area contributed by atoms with Gasteiger partial charge in [0.25, 0.3) is 0 Å². The summed E-state index contributed by atoms with van der Waals surface area (Å²) in [6.45, 7) is 4.44. The topological polar surface area (TPSA) is 55.5 Å². The third-order valence-electron chi connectivity index (χ3n) is 2.89. The van der Waals surface area contributed by atoms with E-state index in [9.17, 15) is 5.11 Å². The summed E-state index contributed by atoms with van der Waals surface area (Å²) in [7, 11) is 0. The number of phenolic OH excluding ortho intramolecular Hbond substituents is 1. The molecule has 3 heteroatoms. The van der Waals surface area contributed by atoms with Crippen LogP contribution < -0.4 is 10.5 Å². The highest BCUT2D eigenvalue weighted by atomic mass is 16.5.